The minimum absolute atomic E-state index is 1.31. The number of hydrogen-bond donors (Lipinski definition) is 0. The van der Waals surface area contributed by atoms with E-state index in [1.807, 2.05) is 0 Å². The second-order valence-corrected chi connectivity index (χ2v) is 34.0. The van der Waals surface area contributed by atoms with Crippen LogP contribution in [0, 0.1) is 13.8 Å². The Kier molecular flexibility index (Phi) is 4.37. The molecule has 0 aliphatic heterocycles. The van der Waals surface area contributed by atoms with Gasteiger partial charge in [0.2, 0.25) is 0 Å². The Morgan fingerprint density at radius 2 is 0.941 bits per heavy atom. The van der Waals surface area contributed by atoms with Crippen LogP contribution in [-0.4, -0.2) is 13.9 Å². The number of halogens is 2. The molecule has 3 heteroatoms. The second-order valence-electron chi connectivity index (χ2n) is 4.31. The van der Waals surface area contributed by atoms with Crippen molar-refractivity contribution < 1.29 is 0 Å². The van der Waals surface area contributed by atoms with Crippen molar-refractivity contribution in [1.29, 1.82) is 0 Å². The van der Waals surface area contributed by atoms with Gasteiger partial charge in [-0.2, -0.15) is 0 Å². The fourth-order valence-electron chi connectivity index (χ4n) is 1.69. The van der Waals surface area contributed by atoms with E-state index in [1.165, 1.54) is 18.3 Å². The van der Waals surface area contributed by atoms with Crippen LogP contribution in [0.5, 0.6) is 0 Å². The monoisotopic (exact) mass is 460 g/mol. The quantitative estimate of drug-likeness (QED) is 0.600. The Morgan fingerprint density at radius 1 is 0.647 bits per heavy atom. The van der Waals surface area contributed by atoms with Crippen LogP contribution in [0.3, 0.4) is 0 Å². The molecule has 0 aliphatic rings. The summed E-state index contributed by atoms with van der Waals surface area (Å²) < 4.78 is 2.82. The summed E-state index contributed by atoms with van der Waals surface area (Å²) in [5.41, 5.74) is 2.61. The van der Waals surface area contributed by atoms with Crippen molar-refractivity contribution >= 4 is 46.5 Å². The van der Waals surface area contributed by atoms with Crippen LogP contribution in [0.2, 0.25) is 0 Å². The van der Waals surface area contributed by atoms with Crippen molar-refractivity contribution in [3.63, 3.8) is 0 Å². The molecule has 0 fully saturated rings. The number of hydrogen-bond acceptors (Lipinski definition) is 0. The van der Waals surface area contributed by atoms with E-state index in [9.17, 15) is 0 Å². The summed E-state index contributed by atoms with van der Waals surface area (Å²) in [6, 6.07) is 17.6. The maximum atomic E-state index is 3.97. The summed E-state index contributed by atoms with van der Waals surface area (Å²) in [4.78, 5) is 0. The summed E-state index contributed by atoms with van der Waals surface area (Å²) >= 11 is 5.27. The predicted molar refractivity (Wildman–Crippen MR) is 85.2 cm³/mol. The molecule has 0 heterocycles. The van der Waals surface area contributed by atoms with Crippen molar-refractivity contribution in [2.45, 2.75) is 13.8 Å². The molecular formula is C14H14Br2Sn. The summed E-state index contributed by atoms with van der Waals surface area (Å²) in [6.45, 7) is 4.24. The van der Waals surface area contributed by atoms with Crippen LogP contribution < -0.4 is 7.16 Å². The molecule has 0 unspecified atom stereocenters. The molecule has 0 spiro atoms. The summed E-state index contributed by atoms with van der Waals surface area (Å²) in [5.74, 6) is 0. The molecule has 0 saturated heterocycles. The van der Waals surface area contributed by atoms with Gasteiger partial charge < -0.3 is 0 Å². The Balaban J connectivity index is 2.41. The van der Waals surface area contributed by atoms with Gasteiger partial charge in [0.25, 0.3) is 0 Å². The van der Waals surface area contributed by atoms with Gasteiger partial charge in [-0.1, -0.05) is 0 Å². The van der Waals surface area contributed by atoms with Gasteiger partial charge >= 0.3 is 120 Å². The normalized spacial score (nSPS) is 11.5. The Hall–Kier alpha value is 0.199. The predicted octanol–water partition coefficient (Wildman–Crippen LogP) is 3.65. The maximum absolute atomic E-state index is 3.97. The van der Waals surface area contributed by atoms with Gasteiger partial charge in [0.1, 0.15) is 0 Å². The molecule has 0 saturated carbocycles. The van der Waals surface area contributed by atoms with Crippen LogP contribution in [-0.2, 0) is 0 Å². The molecule has 17 heavy (non-hydrogen) atoms. The molecular weight excluding hydrogens is 447 g/mol. The molecule has 2 aromatic rings. The average Bonchev–Trinajstić information content (AvgIpc) is 2.30. The molecule has 0 bridgehead atoms. The van der Waals surface area contributed by atoms with Crippen LogP contribution in [0.1, 0.15) is 11.1 Å². The third-order valence-corrected chi connectivity index (χ3v) is 21.2. The van der Waals surface area contributed by atoms with E-state index >= 15 is 0 Å². The summed E-state index contributed by atoms with van der Waals surface area (Å²) in [5, 5.41) is 0. The van der Waals surface area contributed by atoms with Gasteiger partial charge in [-0.05, 0) is 0 Å². The van der Waals surface area contributed by atoms with Crippen molar-refractivity contribution in [3.05, 3.63) is 59.7 Å². The van der Waals surface area contributed by atoms with Crippen LogP contribution >= 0.6 is 25.4 Å². The van der Waals surface area contributed by atoms with Gasteiger partial charge in [-0.15, -0.1) is 0 Å². The van der Waals surface area contributed by atoms with Crippen molar-refractivity contribution in [1.82, 2.24) is 0 Å². The fourth-order valence-corrected chi connectivity index (χ4v) is 13.1. The molecule has 88 valence electrons. The zero-order valence-electron chi connectivity index (χ0n) is 9.87. The van der Waals surface area contributed by atoms with Crippen LogP contribution in [0.15, 0.2) is 48.5 Å². The Morgan fingerprint density at radius 3 is 1.24 bits per heavy atom. The summed E-state index contributed by atoms with van der Waals surface area (Å²) in [7, 11) is 0. The third kappa shape index (κ3) is 3.15. The van der Waals surface area contributed by atoms with Gasteiger partial charge in [0, 0.05) is 0 Å². The van der Waals surface area contributed by atoms with E-state index < -0.39 is 13.9 Å². The number of benzene rings is 2. The molecule has 0 amide bonds. The first-order valence-electron chi connectivity index (χ1n) is 5.52. The first-order chi connectivity index (χ1) is 8.00. The Labute approximate surface area is 119 Å². The zero-order chi connectivity index (χ0) is 12.5. The number of rotatable bonds is 2. The van der Waals surface area contributed by atoms with Crippen LogP contribution in [0.4, 0.5) is 0 Å². The molecule has 0 nitrogen and oxygen atoms in total. The molecule has 0 aliphatic carbocycles. The topological polar surface area (TPSA) is 0 Å². The fraction of sp³-hybridized carbons (Fsp3) is 0.143. The second kappa shape index (κ2) is 5.45. The minimum atomic E-state index is -2.68. The van der Waals surface area contributed by atoms with E-state index in [-0.39, 0.29) is 0 Å². The van der Waals surface area contributed by atoms with E-state index in [4.69, 9.17) is 0 Å². The first-order valence-corrected chi connectivity index (χ1v) is 21.2. The molecule has 2 aromatic carbocycles. The molecule has 2 rings (SSSR count). The van der Waals surface area contributed by atoms with E-state index in [2.05, 4.69) is 87.8 Å². The zero-order valence-corrected chi connectivity index (χ0v) is 15.9. The van der Waals surface area contributed by atoms with Gasteiger partial charge in [-0.25, -0.2) is 0 Å². The van der Waals surface area contributed by atoms with E-state index in [0.717, 1.165) is 0 Å². The average molecular weight is 461 g/mol. The number of aryl methyl sites for hydroxylation is 2. The van der Waals surface area contributed by atoms with E-state index in [1.54, 1.807) is 0 Å². The van der Waals surface area contributed by atoms with Gasteiger partial charge in [0.05, 0.1) is 0 Å². The molecule has 0 N–H and O–H groups in total. The van der Waals surface area contributed by atoms with Gasteiger partial charge in [-0.3, -0.25) is 0 Å². The van der Waals surface area contributed by atoms with Crippen LogP contribution in [0.25, 0.3) is 0 Å². The van der Waals surface area contributed by atoms with Crippen molar-refractivity contribution in [2.24, 2.45) is 0 Å². The van der Waals surface area contributed by atoms with Crippen molar-refractivity contribution in [2.75, 3.05) is 0 Å². The SMILES string of the molecule is Cc1cc[c]([Sn]([Br])([Br])[c]2ccc(C)cc2)cc1. The third-order valence-electron chi connectivity index (χ3n) is 2.83. The Bertz CT molecular complexity index is 453. The standard InChI is InChI=1S/2C7H7.2BrH.Sn/c2*1-7-5-3-2-4-6-7;;;/h2*3-6H,1H3;2*1H;/q;;;;+2/p-2. The molecule has 0 aromatic heterocycles. The molecule has 0 atom stereocenters. The van der Waals surface area contributed by atoms with Crippen molar-refractivity contribution in [3.8, 4) is 0 Å². The summed E-state index contributed by atoms with van der Waals surface area (Å²) in [6.07, 6.45) is 0. The van der Waals surface area contributed by atoms with Gasteiger partial charge in [0.15, 0.2) is 0 Å². The van der Waals surface area contributed by atoms with E-state index in [0.29, 0.717) is 0 Å². The first kappa shape index (κ1) is 13.6. The molecule has 0 radical (unpaired) electrons.